The Morgan fingerprint density at radius 2 is 2.44 bits per heavy atom. The molecule has 1 aliphatic rings. The second-order valence-corrected chi connectivity index (χ2v) is 5.55. The molecule has 1 aromatic heterocycles. The lowest BCUT2D eigenvalue weighted by Gasteiger charge is -2.26. The van der Waals surface area contributed by atoms with Gasteiger partial charge in [-0.1, -0.05) is 12.2 Å². The van der Waals surface area contributed by atoms with E-state index in [1.54, 1.807) is 11.3 Å². The average Bonchev–Trinajstić information content (AvgIpc) is 2.93. The largest absolute Gasteiger partial charge is 0.342 e. The number of amides is 1. The molecule has 0 fully saturated rings. The van der Waals surface area contributed by atoms with Crippen molar-refractivity contribution in [2.45, 2.75) is 32.6 Å². The maximum atomic E-state index is 12.4. The van der Waals surface area contributed by atoms with Gasteiger partial charge in [-0.05, 0) is 26.2 Å². The first-order chi connectivity index (χ1) is 8.81. The number of allylic oxidation sites excluding steroid dienone is 2. The Labute approximate surface area is 113 Å². The summed E-state index contributed by atoms with van der Waals surface area (Å²) in [6, 6.07) is 0. The van der Waals surface area contributed by atoms with E-state index in [-0.39, 0.29) is 5.92 Å². The smallest absolute Gasteiger partial charge is 0.226 e. The number of rotatable bonds is 5. The van der Waals surface area contributed by atoms with Crippen LogP contribution in [0.3, 0.4) is 0 Å². The maximum absolute atomic E-state index is 12.4. The summed E-state index contributed by atoms with van der Waals surface area (Å²) < 4.78 is 0. The summed E-state index contributed by atoms with van der Waals surface area (Å²) in [4.78, 5) is 18.6. The minimum Gasteiger partial charge on any atom is -0.342 e. The molecule has 1 aliphatic carbocycles. The van der Waals surface area contributed by atoms with E-state index >= 15 is 0 Å². The molecule has 0 aliphatic heterocycles. The van der Waals surface area contributed by atoms with Gasteiger partial charge in [-0.2, -0.15) is 0 Å². The predicted octanol–water partition coefficient (Wildman–Crippen LogP) is 2.89. The SMILES string of the molecule is CCN(CCc1nccs1)C(=O)[C@@H]1CC=CCC1. The van der Waals surface area contributed by atoms with E-state index in [1.807, 2.05) is 16.5 Å². The van der Waals surface area contributed by atoms with Crippen molar-refractivity contribution in [2.75, 3.05) is 13.1 Å². The fourth-order valence-electron chi connectivity index (χ4n) is 2.31. The van der Waals surface area contributed by atoms with Crippen LogP contribution in [0.15, 0.2) is 23.7 Å². The van der Waals surface area contributed by atoms with Crippen LogP contribution in [-0.2, 0) is 11.2 Å². The number of carbonyl (C=O) groups is 1. The molecule has 3 nitrogen and oxygen atoms in total. The number of nitrogens with zero attached hydrogens (tertiary/aromatic N) is 2. The van der Waals surface area contributed by atoms with Gasteiger partial charge in [0.1, 0.15) is 0 Å². The van der Waals surface area contributed by atoms with Gasteiger partial charge < -0.3 is 4.90 Å². The molecule has 0 N–H and O–H groups in total. The van der Waals surface area contributed by atoms with E-state index in [1.165, 1.54) is 0 Å². The summed E-state index contributed by atoms with van der Waals surface area (Å²) in [5.74, 6) is 0.518. The van der Waals surface area contributed by atoms with Gasteiger partial charge in [0.15, 0.2) is 0 Å². The number of thiazole rings is 1. The molecule has 1 aromatic rings. The van der Waals surface area contributed by atoms with Crippen LogP contribution in [0.4, 0.5) is 0 Å². The molecule has 0 bridgehead atoms. The van der Waals surface area contributed by atoms with Crippen molar-refractivity contribution in [2.24, 2.45) is 5.92 Å². The lowest BCUT2D eigenvalue weighted by atomic mass is 9.93. The molecule has 1 amide bonds. The van der Waals surface area contributed by atoms with E-state index in [0.29, 0.717) is 5.91 Å². The summed E-state index contributed by atoms with van der Waals surface area (Å²) in [7, 11) is 0. The average molecular weight is 264 g/mol. The van der Waals surface area contributed by atoms with Crippen LogP contribution in [0.5, 0.6) is 0 Å². The summed E-state index contributed by atoms with van der Waals surface area (Å²) in [5, 5.41) is 3.10. The molecule has 1 heterocycles. The van der Waals surface area contributed by atoms with Crippen LogP contribution < -0.4 is 0 Å². The van der Waals surface area contributed by atoms with E-state index < -0.39 is 0 Å². The maximum Gasteiger partial charge on any atom is 0.226 e. The highest BCUT2D eigenvalue weighted by Crippen LogP contribution is 2.20. The number of carbonyl (C=O) groups excluding carboxylic acids is 1. The van der Waals surface area contributed by atoms with Crippen LogP contribution in [0.2, 0.25) is 0 Å². The molecule has 2 rings (SSSR count). The van der Waals surface area contributed by atoms with Crippen molar-refractivity contribution >= 4 is 17.2 Å². The first-order valence-corrected chi connectivity index (χ1v) is 7.51. The molecule has 18 heavy (non-hydrogen) atoms. The molecule has 98 valence electrons. The number of aromatic nitrogens is 1. The fraction of sp³-hybridized carbons (Fsp3) is 0.571. The number of likely N-dealkylation sites (N-methyl/N-ethyl adjacent to an activating group) is 1. The van der Waals surface area contributed by atoms with E-state index in [0.717, 1.165) is 43.8 Å². The van der Waals surface area contributed by atoms with Crippen molar-refractivity contribution in [1.82, 2.24) is 9.88 Å². The molecule has 0 radical (unpaired) electrons. The standard InChI is InChI=1S/C14H20N2OS/c1-2-16(10-8-13-15-9-11-18-13)14(17)12-6-4-3-5-7-12/h3-4,9,11-12H,2,5-8,10H2,1H3/t12-/m1/s1. The minimum absolute atomic E-state index is 0.200. The Kier molecular flexibility index (Phi) is 4.93. The van der Waals surface area contributed by atoms with Crippen molar-refractivity contribution in [3.8, 4) is 0 Å². The zero-order valence-corrected chi connectivity index (χ0v) is 11.7. The quantitative estimate of drug-likeness (QED) is 0.766. The van der Waals surface area contributed by atoms with Crippen LogP contribution in [0.1, 0.15) is 31.2 Å². The predicted molar refractivity (Wildman–Crippen MR) is 74.6 cm³/mol. The zero-order chi connectivity index (χ0) is 12.8. The van der Waals surface area contributed by atoms with Crippen LogP contribution in [0, 0.1) is 5.92 Å². The second-order valence-electron chi connectivity index (χ2n) is 4.58. The van der Waals surface area contributed by atoms with Crippen LogP contribution in [0.25, 0.3) is 0 Å². The van der Waals surface area contributed by atoms with Crippen molar-refractivity contribution in [3.05, 3.63) is 28.7 Å². The Morgan fingerprint density at radius 1 is 1.56 bits per heavy atom. The van der Waals surface area contributed by atoms with E-state index in [4.69, 9.17) is 0 Å². The molecule has 0 unspecified atom stereocenters. The normalized spacial score (nSPS) is 18.8. The monoisotopic (exact) mass is 264 g/mol. The van der Waals surface area contributed by atoms with E-state index in [9.17, 15) is 4.79 Å². The van der Waals surface area contributed by atoms with Gasteiger partial charge in [0.05, 0.1) is 5.01 Å². The Hall–Kier alpha value is -1.16. The first-order valence-electron chi connectivity index (χ1n) is 6.63. The van der Waals surface area contributed by atoms with Gasteiger partial charge in [0, 0.05) is 37.0 Å². The topological polar surface area (TPSA) is 33.2 Å². The molecule has 0 saturated heterocycles. The van der Waals surface area contributed by atoms with Gasteiger partial charge >= 0.3 is 0 Å². The highest BCUT2D eigenvalue weighted by atomic mass is 32.1. The van der Waals surface area contributed by atoms with Crippen LogP contribution in [-0.4, -0.2) is 28.9 Å². The third kappa shape index (κ3) is 3.42. The Balaban J connectivity index is 1.87. The molecular formula is C14H20N2OS. The lowest BCUT2D eigenvalue weighted by Crippen LogP contribution is -2.37. The number of hydrogen-bond donors (Lipinski definition) is 0. The summed E-state index contributed by atoms with van der Waals surface area (Å²) >= 11 is 1.66. The first kappa shape index (κ1) is 13.3. The minimum atomic E-state index is 0.200. The highest BCUT2D eigenvalue weighted by Gasteiger charge is 2.23. The third-order valence-corrected chi connectivity index (χ3v) is 4.23. The molecule has 0 spiro atoms. The van der Waals surface area contributed by atoms with Crippen molar-refractivity contribution < 1.29 is 4.79 Å². The van der Waals surface area contributed by atoms with Crippen LogP contribution >= 0.6 is 11.3 Å². The highest BCUT2D eigenvalue weighted by molar-refractivity contribution is 7.09. The van der Waals surface area contributed by atoms with Gasteiger partial charge in [-0.25, -0.2) is 4.98 Å². The summed E-state index contributed by atoms with van der Waals surface area (Å²) in [6.45, 7) is 3.64. The van der Waals surface area contributed by atoms with Crippen molar-refractivity contribution in [3.63, 3.8) is 0 Å². The van der Waals surface area contributed by atoms with Gasteiger partial charge in [0.2, 0.25) is 5.91 Å². The Morgan fingerprint density at radius 3 is 3.06 bits per heavy atom. The molecule has 1 atom stereocenters. The molecule has 0 saturated carbocycles. The summed E-state index contributed by atoms with van der Waals surface area (Å²) in [6.07, 6.45) is 9.97. The summed E-state index contributed by atoms with van der Waals surface area (Å²) in [5.41, 5.74) is 0. The van der Waals surface area contributed by atoms with Gasteiger partial charge in [-0.3, -0.25) is 4.79 Å². The fourth-order valence-corrected chi connectivity index (χ4v) is 2.92. The second kappa shape index (κ2) is 6.69. The number of hydrogen-bond acceptors (Lipinski definition) is 3. The molecule has 0 aromatic carbocycles. The molecule has 4 heteroatoms. The molecular weight excluding hydrogens is 244 g/mol. The third-order valence-electron chi connectivity index (χ3n) is 3.39. The van der Waals surface area contributed by atoms with Gasteiger partial charge in [0.25, 0.3) is 0 Å². The van der Waals surface area contributed by atoms with Gasteiger partial charge in [-0.15, -0.1) is 11.3 Å². The zero-order valence-electron chi connectivity index (χ0n) is 10.8. The van der Waals surface area contributed by atoms with E-state index in [2.05, 4.69) is 24.1 Å². The lowest BCUT2D eigenvalue weighted by molar-refractivity contribution is -0.135. The van der Waals surface area contributed by atoms with Crippen molar-refractivity contribution in [1.29, 1.82) is 0 Å². The Bertz CT molecular complexity index is 400.